The first-order valence-electron chi connectivity index (χ1n) is 16.9. The van der Waals surface area contributed by atoms with E-state index in [4.69, 9.17) is 15.0 Å². The van der Waals surface area contributed by atoms with Crippen LogP contribution in [0.5, 0.6) is 0 Å². The molecule has 0 aliphatic carbocycles. The molecule has 0 saturated heterocycles. The minimum absolute atomic E-state index is 0.690. The van der Waals surface area contributed by atoms with Gasteiger partial charge in [0.1, 0.15) is 0 Å². The van der Waals surface area contributed by atoms with Gasteiger partial charge in [0, 0.05) is 33.8 Å². The lowest BCUT2D eigenvalue weighted by atomic mass is 9.93. The molecular weight excluding hydrogens is 607 g/mol. The highest BCUT2D eigenvalue weighted by atomic mass is 14.9. The molecular formula is C47H29N3. The molecule has 10 aromatic rings. The molecule has 0 aliphatic heterocycles. The summed E-state index contributed by atoms with van der Waals surface area (Å²) in [6.07, 6.45) is 1.95. The number of hydrogen-bond acceptors (Lipinski definition) is 3. The van der Waals surface area contributed by atoms with Crippen LogP contribution in [0.3, 0.4) is 0 Å². The molecule has 0 N–H and O–H groups in total. The molecule has 0 spiro atoms. The number of benzene rings is 8. The number of pyridine rings is 1. The highest BCUT2D eigenvalue weighted by Crippen LogP contribution is 2.39. The SMILES string of the molecule is c1ccc2ncc(-c3ccc(-c4nc(-c5cc6ccccc6c6ccccc56)cc(-c5cc6ccccc6c6ccccc56)n4)cc3)cc2c1. The number of hydrogen-bond donors (Lipinski definition) is 0. The Morgan fingerprint density at radius 1 is 0.320 bits per heavy atom. The smallest absolute Gasteiger partial charge is 0.160 e. The lowest BCUT2D eigenvalue weighted by molar-refractivity contribution is 1.19. The van der Waals surface area contributed by atoms with E-state index in [0.717, 1.165) is 50.1 Å². The maximum atomic E-state index is 5.32. The quantitative estimate of drug-likeness (QED) is 0.181. The van der Waals surface area contributed by atoms with Crippen LogP contribution in [0.1, 0.15) is 0 Å². The number of para-hydroxylation sites is 1. The third-order valence-electron chi connectivity index (χ3n) is 9.88. The van der Waals surface area contributed by atoms with Gasteiger partial charge in [0.2, 0.25) is 0 Å². The summed E-state index contributed by atoms with van der Waals surface area (Å²) in [5.41, 5.74) is 8.11. The monoisotopic (exact) mass is 635 g/mol. The number of aromatic nitrogens is 3. The molecule has 0 bridgehead atoms. The van der Waals surface area contributed by atoms with E-state index in [1.54, 1.807) is 0 Å². The van der Waals surface area contributed by atoms with Crippen LogP contribution in [0.25, 0.3) is 99.0 Å². The minimum Gasteiger partial charge on any atom is -0.256 e. The maximum Gasteiger partial charge on any atom is 0.160 e. The fourth-order valence-electron chi connectivity index (χ4n) is 7.43. The Bertz CT molecular complexity index is 2790. The van der Waals surface area contributed by atoms with E-state index in [9.17, 15) is 0 Å². The summed E-state index contributed by atoms with van der Waals surface area (Å²) in [5, 5.41) is 10.7. The molecule has 0 radical (unpaired) electrons. The molecule has 10 rings (SSSR count). The summed E-state index contributed by atoms with van der Waals surface area (Å²) in [4.78, 5) is 15.3. The van der Waals surface area contributed by atoms with Crippen molar-refractivity contribution in [2.45, 2.75) is 0 Å². The molecule has 2 aromatic heterocycles. The molecule has 8 aromatic carbocycles. The van der Waals surface area contributed by atoms with Crippen molar-refractivity contribution in [2.24, 2.45) is 0 Å². The third-order valence-corrected chi connectivity index (χ3v) is 9.88. The Morgan fingerprint density at radius 3 is 1.36 bits per heavy atom. The van der Waals surface area contributed by atoms with Crippen molar-refractivity contribution in [3.63, 3.8) is 0 Å². The van der Waals surface area contributed by atoms with Crippen molar-refractivity contribution < 1.29 is 0 Å². The van der Waals surface area contributed by atoms with Gasteiger partial charge in [-0.15, -0.1) is 0 Å². The molecule has 3 heteroatoms. The van der Waals surface area contributed by atoms with Crippen LogP contribution in [0.2, 0.25) is 0 Å². The Hall–Kier alpha value is -6.71. The van der Waals surface area contributed by atoms with Gasteiger partial charge in [0.25, 0.3) is 0 Å². The molecule has 0 unspecified atom stereocenters. The highest BCUT2D eigenvalue weighted by molar-refractivity contribution is 6.15. The second-order valence-electron chi connectivity index (χ2n) is 12.8. The first-order chi connectivity index (χ1) is 24.8. The number of rotatable bonds is 4. The summed E-state index contributed by atoms with van der Waals surface area (Å²) in [5.74, 6) is 0.690. The fourth-order valence-corrected chi connectivity index (χ4v) is 7.43. The van der Waals surface area contributed by atoms with Crippen molar-refractivity contribution in [3.05, 3.63) is 176 Å². The summed E-state index contributed by atoms with van der Waals surface area (Å²) in [6, 6.07) is 60.2. The summed E-state index contributed by atoms with van der Waals surface area (Å²) in [6.45, 7) is 0. The average molecular weight is 636 g/mol. The van der Waals surface area contributed by atoms with Gasteiger partial charge >= 0.3 is 0 Å². The molecule has 2 heterocycles. The second-order valence-corrected chi connectivity index (χ2v) is 12.8. The third kappa shape index (κ3) is 4.71. The Labute approximate surface area is 289 Å². The standard InChI is InChI=1S/C47H29N3/c1-4-14-36-32(11-1)26-42(40-18-8-6-16-38(36)40)45-28-46(43-27-33-12-2-5-15-37(33)39-17-7-9-19-41(39)43)50-47(49-45)31-23-21-30(22-24-31)35-25-34-13-3-10-20-44(34)48-29-35/h1-29H. The zero-order valence-corrected chi connectivity index (χ0v) is 27.1. The van der Waals surface area contributed by atoms with Gasteiger partial charge in [-0.2, -0.15) is 0 Å². The van der Waals surface area contributed by atoms with E-state index < -0.39 is 0 Å². The van der Waals surface area contributed by atoms with Gasteiger partial charge in [0.05, 0.1) is 16.9 Å². The predicted molar refractivity (Wildman–Crippen MR) is 209 cm³/mol. The first kappa shape index (κ1) is 28.3. The van der Waals surface area contributed by atoms with Gasteiger partial charge < -0.3 is 0 Å². The first-order valence-corrected chi connectivity index (χ1v) is 16.9. The maximum absolute atomic E-state index is 5.32. The topological polar surface area (TPSA) is 38.7 Å². The van der Waals surface area contributed by atoms with E-state index >= 15 is 0 Å². The van der Waals surface area contributed by atoms with E-state index in [1.165, 1.54) is 43.1 Å². The molecule has 0 aliphatic rings. The van der Waals surface area contributed by atoms with Crippen molar-refractivity contribution in [2.75, 3.05) is 0 Å². The van der Waals surface area contributed by atoms with Crippen LogP contribution in [0.15, 0.2) is 176 Å². The number of fused-ring (bicyclic) bond motifs is 7. The van der Waals surface area contributed by atoms with E-state index in [1.807, 2.05) is 18.3 Å². The normalized spacial score (nSPS) is 11.6. The van der Waals surface area contributed by atoms with Crippen LogP contribution in [0.4, 0.5) is 0 Å². The van der Waals surface area contributed by atoms with Crippen molar-refractivity contribution in [1.82, 2.24) is 15.0 Å². The van der Waals surface area contributed by atoms with Gasteiger partial charge in [-0.1, -0.05) is 140 Å². The van der Waals surface area contributed by atoms with Gasteiger partial charge in [-0.3, -0.25) is 4.98 Å². The van der Waals surface area contributed by atoms with Crippen LogP contribution < -0.4 is 0 Å². The minimum atomic E-state index is 0.690. The fraction of sp³-hybridized carbons (Fsp3) is 0. The highest BCUT2D eigenvalue weighted by Gasteiger charge is 2.17. The van der Waals surface area contributed by atoms with Gasteiger partial charge in [-0.25, -0.2) is 9.97 Å². The molecule has 0 fully saturated rings. The Kier molecular flexibility index (Phi) is 6.49. The number of nitrogens with zero attached hydrogens (tertiary/aromatic N) is 3. The largest absolute Gasteiger partial charge is 0.256 e. The zero-order valence-electron chi connectivity index (χ0n) is 27.1. The predicted octanol–water partition coefficient (Wildman–Crippen LogP) is 12.3. The second kappa shape index (κ2) is 11.5. The zero-order chi connectivity index (χ0) is 33.0. The Balaban J connectivity index is 1.21. The molecule has 0 atom stereocenters. The van der Waals surface area contributed by atoms with Crippen LogP contribution >= 0.6 is 0 Å². The summed E-state index contributed by atoms with van der Waals surface area (Å²) < 4.78 is 0. The lowest BCUT2D eigenvalue weighted by Gasteiger charge is -2.15. The van der Waals surface area contributed by atoms with E-state index in [2.05, 4.69) is 158 Å². The Morgan fingerprint density at radius 2 is 0.780 bits per heavy atom. The van der Waals surface area contributed by atoms with Gasteiger partial charge in [-0.05, 0) is 79.0 Å². The van der Waals surface area contributed by atoms with Crippen LogP contribution in [-0.2, 0) is 0 Å². The van der Waals surface area contributed by atoms with E-state index in [0.29, 0.717) is 5.82 Å². The van der Waals surface area contributed by atoms with E-state index in [-0.39, 0.29) is 0 Å². The van der Waals surface area contributed by atoms with Crippen molar-refractivity contribution >= 4 is 54.0 Å². The molecule has 0 amide bonds. The molecule has 0 saturated carbocycles. The molecule has 232 valence electrons. The molecule has 3 nitrogen and oxygen atoms in total. The van der Waals surface area contributed by atoms with Crippen LogP contribution in [0, 0.1) is 0 Å². The van der Waals surface area contributed by atoms with Crippen molar-refractivity contribution in [3.8, 4) is 45.0 Å². The summed E-state index contributed by atoms with van der Waals surface area (Å²) in [7, 11) is 0. The van der Waals surface area contributed by atoms with Crippen LogP contribution in [-0.4, -0.2) is 15.0 Å². The average Bonchev–Trinajstić information content (AvgIpc) is 3.20. The summed E-state index contributed by atoms with van der Waals surface area (Å²) >= 11 is 0. The lowest BCUT2D eigenvalue weighted by Crippen LogP contribution is -1.97. The van der Waals surface area contributed by atoms with Crippen molar-refractivity contribution in [1.29, 1.82) is 0 Å². The molecule has 50 heavy (non-hydrogen) atoms. The van der Waals surface area contributed by atoms with Gasteiger partial charge in [0.15, 0.2) is 5.82 Å².